The standard InChI is InChI=1S/C19H27N3O3/c1-25-15-9-20-18(23)16-19(24)22-13-11-21(12-14-22)10-5-8-17-6-3-2-4-7-17/h2-8H,9-16H2,1H3,(H,20,23)/b8-5+. The Labute approximate surface area is 149 Å². The summed E-state index contributed by atoms with van der Waals surface area (Å²) in [5.41, 5.74) is 1.19. The third kappa shape index (κ3) is 7.07. The van der Waals surface area contributed by atoms with E-state index < -0.39 is 0 Å². The van der Waals surface area contributed by atoms with Crippen molar-refractivity contribution in [3.05, 3.63) is 42.0 Å². The fraction of sp³-hybridized carbons (Fsp3) is 0.474. The first-order valence-electron chi connectivity index (χ1n) is 8.66. The third-order valence-corrected chi connectivity index (χ3v) is 4.14. The van der Waals surface area contributed by atoms with Gasteiger partial charge in [0.05, 0.1) is 6.61 Å². The fourth-order valence-electron chi connectivity index (χ4n) is 2.69. The molecule has 2 amide bonds. The predicted octanol–water partition coefficient (Wildman–Crippen LogP) is 0.997. The largest absolute Gasteiger partial charge is 0.383 e. The van der Waals surface area contributed by atoms with Crippen LogP contribution in [0.4, 0.5) is 0 Å². The highest BCUT2D eigenvalue weighted by Crippen LogP contribution is 2.06. The Balaban J connectivity index is 1.66. The first-order chi connectivity index (χ1) is 12.2. The summed E-state index contributed by atoms with van der Waals surface area (Å²) in [5, 5.41) is 2.67. The lowest BCUT2D eigenvalue weighted by Gasteiger charge is -2.34. The Morgan fingerprint density at radius 2 is 1.88 bits per heavy atom. The third-order valence-electron chi connectivity index (χ3n) is 4.14. The fourth-order valence-corrected chi connectivity index (χ4v) is 2.69. The summed E-state index contributed by atoms with van der Waals surface area (Å²) in [5.74, 6) is -0.343. The number of methoxy groups -OCH3 is 1. The van der Waals surface area contributed by atoms with E-state index in [4.69, 9.17) is 4.74 Å². The maximum absolute atomic E-state index is 12.1. The number of carbonyl (C=O) groups is 2. The second kappa shape index (κ2) is 10.6. The van der Waals surface area contributed by atoms with Crippen molar-refractivity contribution in [3.8, 4) is 0 Å². The normalized spacial score (nSPS) is 15.5. The molecule has 2 rings (SSSR count). The minimum atomic E-state index is -0.240. The van der Waals surface area contributed by atoms with Crippen LogP contribution >= 0.6 is 0 Å². The van der Waals surface area contributed by atoms with Crippen molar-refractivity contribution < 1.29 is 14.3 Å². The van der Waals surface area contributed by atoms with Crippen molar-refractivity contribution in [3.63, 3.8) is 0 Å². The van der Waals surface area contributed by atoms with Gasteiger partial charge in [-0.25, -0.2) is 0 Å². The van der Waals surface area contributed by atoms with Crippen LogP contribution in [0.3, 0.4) is 0 Å². The van der Waals surface area contributed by atoms with Gasteiger partial charge in [0.2, 0.25) is 11.8 Å². The number of rotatable bonds is 8. The van der Waals surface area contributed by atoms with Gasteiger partial charge in [0, 0.05) is 46.4 Å². The molecule has 1 aromatic rings. The van der Waals surface area contributed by atoms with Gasteiger partial charge >= 0.3 is 0 Å². The van der Waals surface area contributed by atoms with Gasteiger partial charge < -0.3 is 15.0 Å². The van der Waals surface area contributed by atoms with Crippen LogP contribution in [0.25, 0.3) is 6.08 Å². The molecule has 0 aliphatic carbocycles. The first kappa shape index (κ1) is 19.1. The van der Waals surface area contributed by atoms with E-state index in [1.165, 1.54) is 5.56 Å². The first-order valence-corrected chi connectivity index (χ1v) is 8.66. The maximum Gasteiger partial charge on any atom is 0.232 e. The van der Waals surface area contributed by atoms with Crippen LogP contribution in [0.5, 0.6) is 0 Å². The lowest BCUT2D eigenvalue weighted by Crippen LogP contribution is -2.49. The van der Waals surface area contributed by atoms with E-state index in [0.29, 0.717) is 26.2 Å². The molecule has 6 heteroatoms. The molecule has 1 aliphatic heterocycles. The molecule has 1 aliphatic rings. The van der Waals surface area contributed by atoms with Crippen LogP contribution in [0.2, 0.25) is 0 Å². The van der Waals surface area contributed by atoms with Gasteiger partial charge in [0.15, 0.2) is 0 Å². The topological polar surface area (TPSA) is 61.9 Å². The van der Waals surface area contributed by atoms with E-state index in [0.717, 1.165) is 19.6 Å². The molecule has 0 spiro atoms. The van der Waals surface area contributed by atoms with Crippen molar-refractivity contribution in [1.82, 2.24) is 15.1 Å². The van der Waals surface area contributed by atoms with Gasteiger partial charge in [-0.05, 0) is 5.56 Å². The van der Waals surface area contributed by atoms with Gasteiger partial charge in [0.25, 0.3) is 0 Å². The summed E-state index contributed by atoms with van der Waals surface area (Å²) in [4.78, 5) is 27.9. The summed E-state index contributed by atoms with van der Waals surface area (Å²) in [6.45, 7) is 4.76. The quantitative estimate of drug-likeness (QED) is 0.564. The highest BCUT2D eigenvalue weighted by atomic mass is 16.5. The molecule has 1 heterocycles. The molecule has 1 saturated heterocycles. The Hall–Kier alpha value is -2.18. The number of carbonyl (C=O) groups excluding carboxylic acids is 2. The smallest absolute Gasteiger partial charge is 0.232 e. The average Bonchev–Trinajstić information content (AvgIpc) is 2.63. The highest BCUT2D eigenvalue weighted by molar-refractivity contribution is 5.96. The van der Waals surface area contributed by atoms with E-state index in [9.17, 15) is 9.59 Å². The molecule has 0 bridgehead atoms. The molecular formula is C19H27N3O3. The van der Waals surface area contributed by atoms with Crippen LogP contribution in [0.1, 0.15) is 12.0 Å². The molecule has 0 unspecified atom stereocenters. The van der Waals surface area contributed by atoms with Crippen LogP contribution in [0.15, 0.2) is 36.4 Å². The second-order valence-electron chi connectivity index (χ2n) is 6.01. The molecule has 0 atom stereocenters. The Morgan fingerprint density at radius 1 is 1.16 bits per heavy atom. The number of hydrogen-bond acceptors (Lipinski definition) is 4. The molecule has 0 radical (unpaired) electrons. The van der Waals surface area contributed by atoms with E-state index in [-0.39, 0.29) is 18.2 Å². The number of ether oxygens (including phenoxy) is 1. The van der Waals surface area contributed by atoms with Gasteiger partial charge in [0.1, 0.15) is 6.42 Å². The number of nitrogens with zero attached hydrogens (tertiary/aromatic N) is 2. The van der Waals surface area contributed by atoms with E-state index in [1.807, 2.05) is 18.2 Å². The summed E-state index contributed by atoms with van der Waals surface area (Å²) < 4.78 is 4.86. The van der Waals surface area contributed by atoms with Crippen molar-refractivity contribution in [2.24, 2.45) is 0 Å². The monoisotopic (exact) mass is 345 g/mol. The summed E-state index contributed by atoms with van der Waals surface area (Å²) in [6, 6.07) is 10.2. The SMILES string of the molecule is COCCNC(=O)CC(=O)N1CCN(C/C=C/c2ccccc2)CC1. The molecule has 0 saturated carbocycles. The van der Waals surface area contributed by atoms with Crippen LogP contribution in [-0.2, 0) is 14.3 Å². The molecular weight excluding hydrogens is 318 g/mol. The van der Waals surface area contributed by atoms with Gasteiger partial charge in [-0.3, -0.25) is 14.5 Å². The molecule has 1 aromatic carbocycles. The minimum Gasteiger partial charge on any atom is -0.383 e. The van der Waals surface area contributed by atoms with Gasteiger partial charge in [-0.1, -0.05) is 42.5 Å². The number of piperazine rings is 1. The Morgan fingerprint density at radius 3 is 2.56 bits per heavy atom. The lowest BCUT2D eigenvalue weighted by atomic mass is 10.2. The maximum atomic E-state index is 12.1. The number of hydrogen-bond donors (Lipinski definition) is 1. The molecule has 1 N–H and O–H groups in total. The van der Waals surface area contributed by atoms with Crippen LogP contribution in [0, 0.1) is 0 Å². The average molecular weight is 345 g/mol. The van der Waals surface area contributed by atoms with Crippen molar-refractivity contribution >= 4 is 17.9 Å². The number of nitrogens with one attached hydrogen (secondary N) is 1. The number of amides is 2. The molecule has 6 nitrogen and oxygen atoms in total. The zero-order chi connectivity index (χ0) is 17.9. The predicted molar refractivity (Wildman–Crippen MR) is 98.0 cm³/mol. The Kier molecular flexibility index (Phi) is 8.15. The van der Waals surface area contributed by atoms with E-state index in [2.05, 4.69) is 34.5 Å². The molecule has 1 fully saturated rings. The zero-order valence-electron chi connectivity index (χ0n) is 14.8. The molecule has 25 heavy (non-hydrogen) atoms. The lowest BCUT2D eigenvalue weighted by molar-refractivity contribution is -0.137. The second-order valence-corrected chi connectivity index (χ2v) is 6.01. The van der Waals surface area contributed by atoms with Crippen molar-refractivity contribution in [2.45, 2.75) is 6.42 Å². The van der Waals surface area contributed by atoms with E-state index in [1.54, 1.807) is 12.0 Å². The Bertz CT molecular complexity index is 567. The van der Waals surface area contributed by atoms with Gasteiger partial charge in [-0.2, -0.15) is 0 Å². The molecule has 136 valence electrons. The summed E-state index contributed by atoms with van der Waals surface area (Å²) in [7, 11) is 1.58. The van der Waals surface area contributed by atoms with Crippen LogP contribution < -0.4 is 5.32 Å². The summed E-state index contributed by atoms with van der Waals surface area (Å²) in [6.07, 6.45) is 4.18. The number of benzene rings is 1. The van der Waals surface area contributed by atoms with Crippen molar-refractivity contribution in [1.29, 1.82) is 0 Å². The van der Waals surface area contributed by atoms with Gasteiger partial charge in [-0.15, -0.1) is 0 Å². The van der Waals surface area contributed by atoms with Crippen LogP contribution in [-0.4, -0.2) is 74.6 Å². The minimum absolute atomic E-state index is 0.0857. The van der Waals surface area contributed by atoms with Crippen molar-refractivity contribution in [2.75, 3.05) is 53.0 Å². The van der Waals surface area contributed by atoms with E-state index >= 15 is 0 Å². The highest BCUT2D eigenvalue weighted by Gasteiger charge is 2.22. The summed E-state index contributed by atoms with van der Waals surface area (Å²) >= 11 is 0. The molecule has 0 aromatic heterocycles. The zero-order valence-corrected chi connectivity index (χ0v) is 14.8.